The Kier molecular flexibility index (Phi) is 3.96. The van der Waals surface area contributed by atoms with Crippen molar-refractivity contribution in [2.45, 2.75) is 44.6 Å². The number of non-ortho nitro benzene ring substituents is 1. The lowest BCUT2D eigenvalue weighted by atomic mass is 10.1. The highest BCUT2D eigenvalue weighted by atomic mass is 16.6. The molecule has 4 heteroatoms. The molecule has 0 saturated heterocycles. The molecule has 17 heavy (non-hydrogen) atoms. The summed E-state index contributed by atoms with van der Waals surface area (Å²) in [5.74, 6) is 0.617. The largest absolute Gasteiger partial charge is 0.490 e. The molecular formula is C13H17NO3. The normalized spacial score (nSPS) is 17.4. The van der Waals surface area contributed by atoms with Crippen molar-refractivity contribution in [1.29, 1.82) is 0 Å². The lowest BCUT2D eigenvalue weighted by Crippen LogP contribution is -2.15. The highest BCUT2D eigenvalue weighted by molar-refractivity contribution is 5.38. The fourth-order valence-electron chi connectivity index (χ4n) is 2.22. The number of nitro groups is 1. The Labute approximate surface area is 101 Å². The highest BCUT2D eigenvalue weighted by Gasteiger charge is 2.15. The van der Waals surface area contributed by atoms with Crippen LogP contribution in [0.4, 0.5) is 5.69 Å². The molecule has 0 spiro atoms. The predicted octanol–water partition coefficient (Wildman–Crippen LogP) is 3.70. The molecule has 0 N–H and O–H groups in total. The van der Waals surface area contributed by atoms with Crippen LogP contribution in [-0.2, 0) is 0 Å². The van der Waals surface area contributed by atoms with Crippen LogP contribution in [-0.4, -0.2) is 11.0 Å². The van der Waals surface area contributed by atoms with Gasteiger partial charge < -0.3 is 4.74 Å². The maximum absolute atomic E-state index is 10.7. The maximum atomic E-state index is 10.7. The first-order chi connectivity index (χ1) is 8.25. The van der Waals surface area contributed by atoms with Crippen LogP contribution in [0.5, 0.6) is 5.75 Å². The zero-order valence-electron chi connectivity index (χ0n) is 9.80. The molecule has 1 aromatic rings. The van der Waals surface area contributed by atoms with Gasteiger partial charge in [-0.2, -0.15) is 0 Å². The zero-order chi connectivity index (χ0) is 12.1. The smallest absolute Gasteiger partial charge is 0.273 e. The van der Waals surface area contributed by atoms with Crippen molar-refractivity contribution in [3.8, 4) is 5.75 Å². The molecule has 0 radical (unpaired) electrons. The Morgan fingerprint density at radius 3 is 2.53 bits per heavy atom. The lowest BCUT2D eigenvalue weighted by Gasteiger charge is -2.16. The van der Waals surface area contributed by atoms with Crippen molar-refractivity contribution < 1.29 is 9.66 Å². The summed E-state index contributed by atoms with van der Waals surface area (Å²) in [4.78, 5) is 10.3. The Balaban J connectivity index is 2.01. The summed E-state index contributed by atoms with van der Waals surface area (Å²) in [7, 11) is 0. The summed E-state index contributed by atoms with van der Waals surface area (Å²) in [6.45, 7) is 0. The molecule has 0 amide bonds. The van der Waals surface area contributed by atoms with Gasteiger partial charge in [0.1, 0.15) is 5.75 Å². The van der Waals surface area contributed by atoms with Gasteiger partial charge in [0.05, 0.1) is 17.1 Å². The van der Waals surface area contributed by atoms with Crippen LogP contribution in [0.15, 0.2) is 24.3 Å². The van der Waals surface area contributed by atoms with E-state index in [1.54, 1.807) is 12.1 Å². The third-order valence-electron chi connectivity index (χ3n) is 3.13. The number of hydrogen-bond donors (Lipinski definition) is 0. The van der Waals surface area contributed by atoms with Gasteiger partial charge in [0.2, 0.25) is 0 Å². The molecule has 1 aliphatic carbocycles. The number of nitrogens with zero attached hydrogens (tertiary/aromatic N) is 1. The third kappa shape index (κ3) is 3.44. The van der Waals surface area contributed by atoms with Crippen molar-refractivity contribution in [3.05, 3.63) is 34.4 Å². The van der Waals surface area contributed by atoms with E-state index in [2.05, 4.69) is 0 Å². The summed E-state index contributed by atoms with van der Waals surface area (Å²) in [5.41, 5.74) is 0.0936. The maximum Gasteiger partial charge on any atom is 0.273 e. The summed E-state index contributed by atoms with van der Waals surface area (Å²) < 4.78 is 5.82. The molecule has 0 atom stereocenters. The van der Waals surface area contributed by atoms with Crippen molar-refractivity contribution in [1.82, 2.24) is 0 Å². The van der Waals surface area contributed by atoms with Crippen LogP contribution in [0.1, 0.15) is 38.5 Å². The molecule has 4 nitrogen and oxygen atoms in total. The number of ether oxygens (including phenoxy) is 1. The highest BCUT2D eigenvalue weighted by Crippen LogP contribution is 2.25. The fourth-order valence-corrected chi connectivity index (χ4v) is 2.22. The summed E-state index contributed by atoms with van der Waals surface area (Å²) in [6, 6.07) is 6.45. The zero-order valence-corrected chi connectivity index (χ0v) is 9.80. The van der Waals surface area contributed by atoms with Crippen molar-refractivity contribution in [2.24, 2.45) is 0 Å². The molecule has 92 valence electrons. The molecule has 0 aromatic heterocycles. The van der Waals surface area contributed by atoms with Gasteiger partial charge in [-0.25, -0.2) is 0 Å². The van der Waals surface area contributed by atoms with Gasteiger partial charge in [-0.15, -0.1) is 0 Å². The molecule has 0 bridgehead atoms. The number of nitro benzene ring substituents is 1. The predicted molar refractivity (Wildman–Crippen MR) is 65.2 cm³/mol. The van der Waals surface area contributed by atoms with Gasteiger partial charge in [-0.1, -0.05) is 18.9 Å². The van der Waals surface area contributed by atoms with E-state index < -0.39 is 0 Å². The molecular weight excluding hydrogens is 218 g/mol. The second kappa shape index (κ2) is 5.66. The molecule has 0 aliphatic heterocycles. The van der Waals surface area contributed by atoms with Gasteiger partial charge in [0, 0.05) is 6.07 Å². The fraction of sp³-hybridized carbons (Fsp3) is 0.538. The molecule has 0 heterocycles. The first kappa shape index (κ1) is 11.9. The quantitative estimate of drug-likeness (QED) is 0.456. The van der Waals surface area contributed by atoms with Crippen molar-refractivity contribution in [3.63, 3.8) is 0 Å². The minimum absolute atomic E-state index is 0.0936. The molecule has 0 unspecified atom stereocenters. The van der Waals surface area contributed by atoms with Crippen LogP contribution >= 0.6 is 0 Å². The minimum atomic E-state index is -0.389. The average molecular weight is 235 g/mol. The van der Waals surface area contributed by atoms with Gasteiger partial charge >= 0.3 is 0 Å². The minimum Gasteiger partial charge on any atom is -0.490 e. The SMILES string of the molecule is O=[N+]([O-])c1cccc(OC2CCCCCC2)c1. The lowest BCUT2D eigenvalue weighted by molar-refractivity contribution is -0.384. The van der Waals surface area contributed by atoms with Crippen molar-refractivity contribution >= 4 is 5.69 Å². The van der Waals surface area contributed by atoms with Crippen LogP contribution < -0.4 is 4.74 Å². The standard InChI is InChI=1S/C13H17NO3/c15-14(16)11-6-5-9-13(10-11)17-12-7-3-1-2-4-8-12/h5-6,9-10,12H,1-4,7-8H2. The Hall–Kier alpha value is -1.58. The van der Waals surface area contributed by atoms with E-state index in [-0.39, 0.29) is 16.7 Å². The molecule has 1 fully saturated rings. The Bertz CT molecular complexity index is 384. The van der Waals surface area contributed by atoms with E-state index in [4.69, 9.17) is 4.74 Å². The number of benzene rings is 1. The van der Waals surface area contributed by atoms with Crippen LogP contribution in [0.3, 0.4) is 0 Å². The molecule has 2 rings (SSSR count). The van der Waals surface area contributed by atoms with Gasteiger partial charge in [0.25, 0.3) is 5.69 Å². The van der Waals surface area contributed by atoms with Crippen LogP contribution in [0, 0.1) is 10.1 Å². The number of rotatable bonds is 3. The van der Waals surface area contributed by atoms with E-state index >= 15 is 0 Å². The summed E-state index contributed by atoms with van der Waals surface area (Å²) >= 11 is 0. The van der Waals surface area contributed by atoms with Crippen molar-refractivity contribution in [2.75, 3.05) is 0 Å². The average Bonchev–Trinajstić information content (AvgIpc) is 2.58. The molecule has 1 saturated carbocycles. The van der Waals surface area contributed by atoms with Gasteiger partial charge in [-0.3, -0.25) is 10.1 Å². The summed E-state index contributed by atoms with van der Waals surface area (Å²) in [6.07, 6.45) is 7.27. The second-order valence-corrected chi connectivity index (χ2v) is 4.49. The van der Waals surface area contributed by atoms with Crippen LogP contribution in [0.2, 0.25) is 0 Å². The molecule has 1 aliphatic rings. The van der Waals surface area contributed by atoms with Gasteiger partial charge in [-0.05, 0) is 31.7 Å². The van der Waals surface area contributed by atoms with Gasteiger partial charge in [0.15, 0.2) is 0 Å². The van der Waals surface area contributed by atoms with E-state index in [0.29, 0.717) is 5.75 Å². The third-order valence-corrected chi connectivity index (χ3v) is 3.13. The first-order valence-electron chi connectivity index (χ1n) is 6.17. The second-order valence-electron chi connectivity index (χ2n) is 4.49. The van der Waals surface area contributed by atoms with Crippen LogP contribution in [0.25, 0.3) is 0 Å². The first-order valence-corrected chi connectivity index (χ1v) is 6.17. The van der Waals surface area contributed by atoms with E-state index in [1.807, 2.05) is 0 Å². The van der Waals surface area contributed by atoms with E-state index in [9.17, 15) is 10.1 Å². The van der Waals surface area contributed by atoms with E-state index in [1.165, 1.54) is 37.8 Å². The monoisotopic (exact) mass is 235 g/mol. The number of hydrogen-bond acceptors (Lipinski definition) is 3. The molecule has 1 aromatic carbocycles. The Morgan fingerprint density at radius 2 is 1.88 bits per heavy atom. The Morgan fingerprint density at radius 1 is 1.18 bits per heavy atom. The summed E-state index contributed by atoms with van der Waals surface area (Å²) in [5, 5.41) is 10.7. The van der Waals surface area contributed by atoms with E-state index in [0.717, 1.165) is 12.8 Å². The topological polar surface area (TPSA) is 52.4 Å².